The third-order valence-corrected chi connectivity index (χ3v) is 7.28. The lowest BCUT2D eigenvalue weighted by Crippen LogP contribution is -2.56. The zero-order chi connectivity index (χ0) is 11.3. The second kappa shape index (κ2) is 5.47. The van der Waals surface area contributed by atoms with Crippen LogP contribution in [0, 0.1) is 0 Å². The second-order valence-electron chi connectivity index (χ2n) is 4.84. The summed E-state index contributed by atoms with van der Waals surface area (Å²) >= 11 is 0. The van der Waals surface area contributed by atoms with Crippen LogP contribution in [0.25, 0.3) is 0 Å². The van der Waals surface area contributed by atoms with Gasteiger partial charge in [-0.25, -0.2) is 0 Å². The summed E-state index contributed by atoms with van der Waals surface area (Å²) in [5.74, 6) is 0. The molecule has 15 heavy (non-hydrogen) atoms. The first-order chi connectivity index (χ1) is 7.09. The molecule has 0 heterocycles. The first kappa shape index (κ1) is 12.5. The van der Waals surface area contributed by atoms with Crippen LogP contribution in [-0.4, -0.2) is 13.7 Å². The fourth-order valence-electron chi connectivity index (χ4n) is 1.87. The molecule has 0 aliphatic heterocycles. The van der Waals surface area contributed by atoms with Crippen LogP contribution in [0.5, 0.6) is 0 Å². The van der Waals surface area contributed by atoms with Crippen LogP contribution < -0.4 is 10.9 Å². The van der Waals surface area contributed by atoms with E-state index in [9.17, 15) is 0 Å². The SMILES string of the molecule is CCCCC(N)[Si](C)(C)c1ccccc1. The Bertz CT molecular complexity index is 282. The van der Waals surface area contributed by atoms with Gasteiger partial charge in [-0.05, 0) is 6.42 Å². The Labute approximate surface area is 94.7 Å². The van der Waals surface area contributed by atoms with Gasteiger partial charge in [0.05, 0.1) is 8.07 Å². The first-order valence-corrected chi connectivity index (χ1v) is 8.98. The molecule has 0 aliphatic rings. The highest BCUT2D eigenvalue weighted by Crippen LogP contribution is 2.12. The van der Waals surface area contributed by atoms with Gasteiger partial charge in [-0.2, -0.15) is 0 Å². The van der Waals surface area contributed by atoms with Gasteiger partial charge in [0.1, 0.15) is 0 Å². The van der Waals surface area contributed by atoms with Crippen LogP contribution >= 0.6 is 0 Å². The number of hydrogen-bond donors (Lipinski definition) is 1. The predicted octanol–water partition coefficient (Wildman–Crippen LogP) is 2.66. The Morgan fingerprint density at radius 1 is 1.20 bits per heavy atom. The van der Waals surface area contributed by atoms with Crippen LogP contribution in [0.1, 0.15) is 26.2 Å². The van der Waals surface area contributed by atoms with Crippen molar-refractivity contribution < 1.29 is 0 Å². The largest absolute Gasteiger partial charge is 0.330 e. The molecular formula is C13H23NSi. The Hall–Kier alpha value is -0.603. The quantitative estimate of drug-likeness (QED) is 0.760. The first-order valence-electron chi connectivity index (χ1n) is 5.90. The molecule has 84 valence electrons. The van der Waals surface area contributed by atoms with Crippen molar-refractivity contribution in [2.24, 2.45) is 5.73 Å². The Balaban J connectivity index is 2.73. The molecule has 0 spiro atoms. The molecular weight excluding hydrogens is 198 g/mol. The molecule has 1 aromatic carbocycles. The molecule has 0 aromatic heterocycles. The van der Waals surface area contributed by atoms with Gasteiger partial charge in [-0.3, -0.25) is 0 Å². The smallest absolute Gasteiger partial charge is 0.0980 e. The van der Waals surface area contributed by atoms with E-state index >= 15 is 0 Å². The van der Waals surface area contributed by atoms with Crippen LogP contribution in [0.4, 0.5) is 0 Å². The molecule has 1 rings (SSSR count). The Kier molecular flexibility index (Phi) is 4.55. The summed E-state index contributed by atoms with van der Waals surface area (Å²) in [6.07, 6.45) is 3.67. The summed E-state index contributed by atoms with van der Waals surface area (Å²) in [7, 11) is -1.44. The van der Waals surface area contributed by atoms with Crippen LogP contribution in [-0.2, 0) is 0 Å². The van der Waals surface area contributed by atoms with Crippen molar-refractivity contribution in [2.75, 3.05) is 0 Å². The minimum absolute atomic E-state index is 0.389. The second-order valence-corrected chi connectivity index (χ2v) is 9.60. The van der Waals surface area contributed by atoms with Gasteiger partial charge in [0.25, 0.3) is 0 Å². The maximum atomic E-state index is 6.33. The zero-order valence-corrected chi connectivity index (χ0v) is 11.2. The molecule has 0 saturated heterocycles. The van der Waals surface area contributed by atoms with Gasteiger partial charge in [-0.1, -0.05) is 68.4 Å². The molecule has 1 atom stereocenters. The molecule has 1 unspecified atom stereocenters. The summed E-state index contributed by atoms with van der Waals surface area (Å²) in [6, 6.07) is 10.8. The van der Waals surface area contributed by atoms with Crippen LogP contribution in [0.15, 0.2) is 30.3 Å². The van der Waals surface area contributed by atoms with E-state index in [1.165, 1.54) is 24.4 Å². The molecule has 0 saturated carbocycles. The summed E-state index contributed by atoms with van der Waals surface area (Å²) in [5.41, 5.74) is 6.72. The maximum absolute atomic E-state index is 6.33. The normalized spacial score (nSPS) is 13.9. The molecule has 2 N–H and O–H groups in total. The summed E-state index contributed by atoms with van der Waals surface area (Å²) < 4.78 is 0. The highest BCUT2D eigenvalue weighted by atomic mass is 28.3. The van der Waals surface area contributed by atoms with E-state index < -0.39 is 8.07 Å². The monoisotopic (exact) mass is 221 g/mol. The van der Waals surface area contributed by atoms with E-state index in [4.69, 9.17) is 5.73 Å². The molecule has 1 nitrogen and oxygen atoms in total. The van der Waals surface area contributed by atoms with Crippen molar-refractivity contribution >= 4 is 13.3 Å². The lowest BCUT2D eigenvalue weighted by atomic mass is 10.2. The number of rotatable bonds is 5. The minimum Gasteiger partial charge on any atom is -0.330 e. The van der Waals surface area contributed by atoms with Gasteiger partial charge in [-0.15, -0.1) is 0 Å². The molecule has 2 heteroatoms. The van der Waals surface area contributed by atoms with Crippen LogP contribution in [0.2, 0.25) is 13.1 Å². The average Bonchev–Trinajstić information content (AvgIpc) is 2.27. The van der Waals surface area contributed by atoms with Gasteiger partial charge in [0.15, 0.2) is 0 Å². The van der Waals surface area contributed by atoms with E-state index in [-0.39, 0.29) is 0 Å². The molecule has 0 bridgehead atoms. The number of hydrogen-bond acceptors (Lipinski definition) is 1. The van der Waals surface area contributed by atoms with Crippen molar-refractivity contribution in [3.05, 3.63) is 30.3 Å². The lowest BCUT2D eigenvalue weighted by molar-refractivity contribution is 0.678. The molecule has 0 fully saturated rings. The van der Waals surface area contributed by atoms with Crippen molar-refractivity contribution in [3.8, 4) is 0 Å². The summed E-state index contributed by atoms with van der Waals surface area (Å²) in [6.45, 7) is 6.98. The van der Waals surface area contributed by atoms with Gasteiger partial charge >= 0.3 is 0 Å². The lowest BCUT2D eigenvalue weighted by Gasteiger charge is -2.30. The molecule has 0 radical (unpaired) electrons. The summed E-state index contributed by atoms with van der Waals surface area (Å²) in [4.78, 5) is 0. The van der Waals surface area contributed by atoms with E-state index in [1.807, 2.05) is 0 Å². The van der Waals surface area contributed by atoms with Gasteiger partial charge < -0.3 is 5.73 Å². The molecule has 1 aromatic rings. The van der Waals surface area contributed by atoms with Crippen molar-refractivity contribution in [1.82, 2.24) is 0 Å². The van der Waals surface area contributed by atoms with Gasteiger partial charge in [0.2, 0.25) is 0 Å². The number of unbranched alkanes of at least 4 members (excludes halogenated alkanes) is 1. The fraction of sp³-hybridized carbons (Fsp3) is 0.538. The topological polar surface area (TPSA) is 26.0 Å². The minimum atomic E-state index is -1.44. The van der Waals surface area contributed by atoms with E-state index in [2.05, 4.69) is 50.3 Å². The van der Waals surface area contributed by atoms with E-state index in [0.717, 1.165) is 0 Å². The third kappa shape index (κ3) is 3.18. The molecule has 0 amide bonds. The highest BCUT2D eigenvalue weighted by Gasteiger charge is 2.30. The summed E-state index contributed by atoms with van der Waals surface area (Å²) in [5, 5.41) is 1.48. The maximum Gasteiger partial charge on any atom is 0.0980 e. The Morgan fingerprint density at radius 3 is 2.33 bits per heavy atom. The average molecular weight is 221 g/mol. The number of benzene rings is 1. The standard InChI is InChI=1S/C13H23NSi/c1-4-5-11-13(14)15(2,3)12-9-7-6-8-10-12/h6-10,13H,4-5,11,14H2,1-3H3. The fourth-order valence-corrected chi connectivity index (χ4v) is 4.27. The molecule has 0 aliphatic carbocycles. The van der Waals surface area contributed by atoms with E-state index in [1.54, 1.807) is 0 Å². The van der Waals surface area contributed by atoms with Crippen LogP contribution in [0.3, 0.4) is 0 Å². The van der Waals surface area contributed by atoms with Crippen molar-refractivity contribution in [1.29, 1.82) is 0 Å². The predicted molar refractivity (Wildman–Crippen MR) is 71.1 cm³/mol. The third-order valence-electron chi connectivity index (χ3n) is 3.31. The van der Waals surface area contributed by atoms with Crippen molar-refractivity contribution in [3.63, 3.8) is 0 Å². The Morgan fingerprint density at radius 2 is 1.80 bits per heavy atom. The van der Waals surface area contributed by atoms with Crippen molar-refractivity contribution in [2.45, 2.75) is 44.9 Å². The van der Waals surface area contributed by atoms with E-state index in [0.29, 0.717) is 5.67 Å². The van der Waals surface area contributed by atoms with Gasteiger partial charge in [0, 0.05) is 5.67 Å². The zero-order valence-electron chi connectivity index (χ0n) is 10.2. The number of nitrogens with two attached hydrogens (primary N) is 1. The highest BCUT2D eigenvalue weighted by molar-refractivity contribution is 6.91.